The van der Waals surface area contributed by atoms with Gasteiger partial charge >= 0.3 is 0 Å². The van der Waals surface area contributed by atoms with E-state index >= 15 is 0 Å². The molecule has 0 saturated carbocycles. The highest BCUT2D eigenvalue weighted by molar-refractivity contribution is 7.27. The third kappa shape index (κ3) is 10.4. The molecule has 0 N–H and O–H groups in total. The predicted octanol–water partition coefficient (Wildman–Crippen LogP) is 29.8. The summed E-state index contributed by atoms with van der Waals surface area (Å²) in [5.41, 5.74) is 20.2. The summed E-state index contributed by atoms with van der Waals surface area (Å²) in [6, 6.07) is 124. The maximum atomic E-state index is 2.44. The number of fused-ring (bicyclic) bond motifs is 26. The summed E-state index contributed by atoms with van der Waals surface area (Å²) < 4.78 is 20.5. The largest absolute Gasteiger partial charge is 0.309 e. The molecule has 24 rings (SSSR count). The average Bonchev–Trinajstić information content (AvgIpc) is 1.59. The Bertz CT molecular complexity index is 7620. The lowest BCUT2D eigenvalue weighted by molar-refractivity contribution is 1.18. The quantitative estimate of drug-likeness (QED) is 0.167. The van der Waals surface area contributed by atoms with Crippen LogP contribution in [0.5, 0.6) is 0 Å². The van der Waals surface area contributed by atoms with E-state index < -0.39 is 0 Å². The van der Waals surface area contributed by atoms with Gasteiger partial charge < -0.3 is 18.3 Å². The molecule has 8 aromatic heterocycles. The van der Waals surface area contributed by atoms with Crippen LogP contribution < -0.4 is 0 Å². The van der Waals surface area contributed by atoms with Crippen LogP contribution in [0.3, 0.4) is 0 Å². The van der Waals surface area contributed by atoms with Crippen molar-refractivity contribution < 1.29 is 0 Å². The lowest BCUT2D eigenvalue weighted by Gasteiger charge is -2.09. The zero-order valence-corrected chi connectivity index (χ0v) is 63.0. The van der Waals surface area contributed by atoms with Crippen molar-refractivity contribution in [1.29, 1.82) is 0 Å². The monoisotopic (exact) mass is 1450 g/mol. The molecule has 16 aromatic carbocycles. The predicted molar refractivity (Wildman–Crippen MR) is 474 cm³/mol. The van der Waals surface area contributed by atoms with Gasteiger partial charge in [0, 0.05) is 147 Å². The SMILES string of the molecule is Cc1ccc(-n2c3ccccc3c3c4sc5ccccc5c4ccc32)cc1.Cc1ccc(-n2c3ccccc3c3cc4c(cc32)sc2ccccc24)cc1.Cc1ccc(-n2c3ccccc3c3cc4sc5ccccc5c4cc32)cc1.Cc1ccc(-n2c3ccccc3c3ccc4sc5ccccc5c4c32)cc1. The Kier molecular flexibility index (Phi) is 15.2. The molecule has 108 heavy (non-hydrogen) atoms. The lowest BCUT2D eigenvalue weighted by atomic mass is 10.1. The molecule has 0 bridgehead atoms. The molecular formula is C100H68N4S4. The number of aromatic nitrogens is 4. The van der Waals surface area contributed by atoms with Crippen LogP contribution in [0, 0.1) is 27.7 Å². The van der Waals surface area contributed by atoms with Gasteiger partial charge in [-0.25, -0.2) is 0 Å². The van der Waals surface area contributed by atoms with Crippen molar-refractivity contribution in [2.45, 2.75) is 27.7 Å². The molecule has 512 valence electrons. The number of para-hydroxylation sites is 4. The van der Waals surface area contributed by atoms with Crippen molar-refractivity contribution in [3.05, 3.63) is 362 Å². The zero-order chi connectivity index (χ0) is 71.8. The van der Waals surface area contributed by atoms with E-state index in [1.165, 1.54) is 213 Å². The van der Waals surface area contributed by atoms with Crippen molar-refractivity contribution >= 4 is 213 Å². The highest BCUT2D eigenvalue weighted by atomic mass is 32.1. The van der Waals surface area contributed by atoms with Gasteiger partial charge in [-0.2, -0.15) is 0 Å². The fraction of sp³-hybridized carbons (Fsp3) is 0.0400. The van der Waals surface area contributed by atoms with Gasteiger partial charge in [-0.3, -0.25) is 0 Å². The first-order chi connectivity index (χ1) is 53.2. The minimum absolute atomic E-state index is 1.21. The summed E-state index contributed by atoms with van der Waals surface area (Å²) in [6.45, 7) is 8.55. The Morgan fingerprint density at radius 2 is 0.519 bits per heavy atom. The molecule has 0 saturated heterocycles. The molecule has 0 atom stereocenters. The van der Waals surface area contributed by atoms with Gasteiger partial charge in [0.15, 0.2) is 0 Å². The van der Waals surface area contributed by atoms with E-state index in [0.717, 1.165) is 0 Å². The van der Waals surface area contributed by atoms with Crippen LogP contribution in [0.15, 0.2) is 340 Å². The maximum absolute atomic E-state index is 2.44. The third-order valence-electron chi connectivity index (χ3n) is 21.9. The normalized spacial score (nSPS) is 11.9. The van der Waals surface area contributed by atoms with Gasteiger partial charge in [-0.1, -0.05) is 229 Å². The summed E-state index contributed by atoms with van der Waals surface area (Å²) in [5.74, 6) is 0. The van der Waals surface area contributed by atoms with Gasteiger partial charge in [0.05, 0.1) is 44.1 Å². The summed E-state index contributed by atoms with van der Waals surface area (Å²) in [6.07, 6.45) is 0. The van der Waals surface area contributed by atoms with E-state index in [0.29, 0.717) is 0 Å². The van der Waals surface area contributed by atoms with Gasteiger partial charge in [0.1, 0.15) is 0 Å². The molecule has 0 aliphatic rings. The molecule has 8 heterocycles. The number of thiophene rings is 4. The first kappa shape index (κ1) is 64.0. The van der Waals surface area contributed by atoms with Crippen LogP contribution in [0.25, 0.3) is 191 Å². The van der Waals surface area contributed by atoms with Crippen molar-refractivity contribution in [2.24, 2.45) is 0 Å². The molecule has 8 heteroatoms. The van der Waals surface area contributed by atoms with Crippen molar-refractivity contribution in [1.82, 2.24) is 18.3 Å². The number of aryl methyl sites for hydroxylation is 4. The van der Waals surface area contributed by atoms with Crippen LogP contribution in [-0.4, -0.2) is 18.3 Å². The van der Waals surface area contributed by atoms with Crippen LogP contribution >= 0.6 is 45.3 Å². The van der Waals surface area contributed by atoms with Crippen LogP contribution in [0.1, 0.15) is 22.3 Å². The Morgan fingerprint density at radius 1 is 0.176 bits per heavy atom. The second-order valence-electron chi connectivity index (χ2n) is 28.5. The minimum atomic E-state index is 1.21. The van der Waals surface area contributed by atoms with Crippen molar-refractivity contribution in [3.8, 4) is 22.7 Å². The third-order valence-corrected chi connectivity index (χ3v) is 26.5. The topological polar surface area (TPSA) is 19.7 Å². The van der Waals surface area contributed by atoms with Gasteiger partial charge in [0.25, 0.3) is 0 Å². The molecule has 0 radical (unpaired) electrons. The molecule has 0 aliphatic carbocycles. The number of benzene rings is 16. The Hall–Kier alpha value is -12.4. The molecule has 24 aromatic rings. The summed E-state index contributed by atoms with van der Waals surface area (Å²) in [7, 11) is 0. The minimum Gasteiger partial charge on any atom is -0.309 e. The van der Waals surface area contributed by atoms with E-state index in [-0.39, 0.29) is 0 Å². The number of nitrogens with zero attached hydrogens (tertiary/aromatic N) is 4. The van der Waals surface area contributed by atoms with Crippen LogP contribution in [-0.2, 0) is 0 Å². The fourth-order valence-electron chi connectivity index (χ4n) is 16.8. The molecule has 0 spiro atoms. The smallest absolute Gasteiger partial charge is 0.0634 e. The van der Waals surface area contributed by atoms with E-state index in [9.17, 15) is 0 Å². The second-order valence-corrected chi connectivity index (χ2v) is 32.9. The summed E-state index contributed by atoms with van der Waals surface area (Å²) >= 11 is 7.55. The Labute approximate surface area is 638 Å². The number of hydrogen-bond acceptors (Lipinski definition) is 4. The van der Waals surface area contributed by atoms with Gasteiger partial charge in [0.2, 0.25) is 0 Å². The van der Waals surface area contributed by atoms with Crippen molar-refractivity contribution in [3.63, 3.8) is 0 Å². The van der Waals surface area contributed by atoms with Crippen LogP contribution in [0.4, 0.5) is 0 Å². The van der Waals surface area contributed by atoms with E-state index in [4.69, 9.17) is 0 Å². The van der Waals surface area contributed by atoms with E-state index in [1.54, 1.807) is 0 Å². The van der Waals surface area contributed by atoms with E-state index in [2.05, 4.69) is 386 Å². The van der Waals surface area contributed by atoms with Crippen molar-refractivity contribution in [2.75, 3.05) is 0 Å². The second kappa shape index (κ2) is 25.7. The van der Waals surface area contributed by atoms with Gasteiger partial charge in [-0.05, 0) is 161 Å². The zero-order valence-electron chi connectivity index (χ0n) is 59.8. The number of hydrogen-bond donors (Lipinski definition) is 0. The summed E-state index contributed by atoms with van der Waals surface area (Å²) in [4.78, 5) is 0. The molecule has 0 amide bonds. The highest BCUT2D eigenvalue weighted by Gasteiger charge is 2.22. The fourth-order valence-corrected chi connectivity index (χ4v) is 21.4. The molecule has 4 nitrogen and oxygen atoms in total. The molecule has 0 fully saturated rings. The van der Waals surface area contributed by atoms with Gasteiger partial charge in [-0.15, -0.1) is 45.3 Å². The highest BCUT2D eigenvalue weighted by Crippen LogP contribution is 2.47. The Morgan fingerprint density at radius 3 is 1.04 bits per heavy atom. The summed E-state index contributed by atoms with van der Waals surface area (Å²) in [5, 5.41) is 21.4. The standard InChI is InChI=1S/4C25H17NS/c1-16-10-12-17(13-11-16)26-21-8-4-2-7-20(21)24-22(26)15-14-19-18-6-3-5-9-23(18)27-25(19)24;1-16-10-12-17(13-11-16)26-22-8-4-2-6-18(22)20-15-25-21(14-23(20)26)19-7-3-5-9-24(19)27-25;1-16-10-12-17(13-11-16)26-22-8-4-2-6-18(22)20-14-21-19-7-3-5-9-24(19)27-25(21)15-23(20)26;1-16-10-12-17(13-11-16)26-21-8-4-2-6-18(21)19-14-15-23-24(25(19)26)20-7-3-5-9-22(20)27-23/h4*2-15H,1H3. The first-order valence-corrected chi connectivity index (χ1v) is 40.1. The molecule has 0 unspecified atom stereocenters. The molecule has 0 aliphatic heterocycles. The average molecular weight is 1450 g/mol. The lowest BCUT2D eigenvalue weighted by Crippen LogP contribution is -1.94. The van der Waals surface area contributed by atoms with E-state index in [1.807, 2.05) is 45.3 Å². The Balaban J connectivity index is 0.0000000919. The molecular weight excluding hydrogens is 1390 g/mol. The number of rotatable bonds is 4. The maximum Gasteiger partial charge on any atom is 0.0634 e. The first-order valence-electron chi connectivity index (χ1n) is 36.9. The van der Waals surface area contributed by atoms with Crippen LogP contribution in [0.2, 0.25) is 0 Å².